The van der Waals surface area contributed by atoms with Gasteiger partial charge in [-0.05, 0) is 20.5 Å². The number of rotatable bonds is 6. The van der Waals surface area contributed by atoms with Crippen molar-refractivity contribution in [3.63, 3.8) is 0 Å². The summed E-state index contributed by atoms with van der Waals surface area (Å²) < 4.78 is 10.8. The van der Waals surface area contributed by atoms with Gasteiger partial charge in [0.15, 0.2) is 0 Å². The Morgan fingerprint density at radius 3 is 2.70 bits per heavy atom. The van der Waals surface area contributed by atoms with Crippen LogP contribution < -0.4 is 15.4 Å². The average molecular weight is 282 g/mol. The molecule has 0 amide bonds. The van der Waals surface area contributed by atoms with Crippen LogP contribution in [0.3, 0.4) is 0 Å². The molecule has 2 N–H and O–H groups in total. The highest BCUT2D eigenvalue weighted by Crippen LogP contribution is 2.14. The summed E-state index contributed by atoms with van der Waals surface area (Å²) in [5, 5.41) is 0. The molecule has 8 nitrogen and oxygen atoms in total. The molecule has 0 saturated carbocycles. The summed E-state index contributed by atoms with van der Waals surface area (Å²) in [5.74, 6) is 0.743. The summed E-state index contributed by atoms with van der Waals surface area (Å²) >= 11 is 0. The predicted octanol–water partition coefficient (Wildman–Crippen LogP) is -0.379. The van der Waals surface area contributed by atoms with E-state index in [4.69, 9.17) is 15.2 Å². The van der Waals surface area contributed by atoms with Gasteiger partial charge in [0.1, 0.15) is 0 Å². The summed E-state index contributed by atoms with van der Waals surface area (Å²) in [4.78, 5) is 16.6. The first-order valence-corrected chi connectivity index (χ1v) is 6.77. The fourth-order valence-electron chi connectivity index (χ4n) is 1.87. The van der Waals surface area contributed by atoms with Crippen molar-refractivity contribution in [3.05, 3.63) is 0 Å². The van der Waals surface area contributed by atoms with Crippen molar-refractivity contribution < 1.29 is 9.47 Å². The van der Waals surface area contributed by atoms with E-state index in [0.717, 1.165) is 26.1 Å². The Morgan fingerprint density at radius 1 is 1.25 bits per heavy atom. The van der Waals surface area contributed by atoms with E-state index in [1.54, 1.807) is 0 Å². The Balaban J connectivity index is 1.93. The lowest BCUT2D eigenvalue weighted by Crippen LogP contribution is -2.37. The molecule has 1 aromatic rings. The molecule has 0 bridgehead atoms. The maximum absolute atomic E-state index is 5.71. The van der Waals surface area contributed by atoms with E-state index >= 15 is 0 Å². The van der Waals surface area contributed by atoms with Gasteiger partial charge in [0.05, 0.1) is 19.8 Å². The Bertz CT molecular complexity index is 422. The molecule has 2 heterocycles. The van der Waals surface area contributed by atoms with Gasteiger partial charge in [-0.3, -0.25) is 0 Å². The minimum absolute atomic E-state index is 0.184. The van der Waals surface area contributed by atoms with Gasteiger partial charge in [-0.15, -0.1) is 0 Å². The number of anilines is 2. The van der Waals surface area contributed by atoms with Crippen LogP contribution >= 0.6 is 0 Å². The minimum atomic E-state index is 0.184. The summed E-state index contributed by atoms with van der Waals surface area (Å²) in [7, 11) is 4.05. The quantitative estimate of drug-likeness (QED) is 0.706. The van der Waals surface area contributed by atoms with E-state index in [9.17, 15) is 0 Å². The Morgan fingerprint density at radius 2 is 2.00 bits per heavy atom. The molecule has 2 rings (SSSR count). The second-order valence-corrected chi connectivity index (χ2v) is 4.88. The van der Waals surface area contributed by atoms with Crippen molar-refractivity contribution in [1.29, 1.82) is 0 Å². The molecule has 0 spiro atoms. The number of hydrogen-bond acceptors (Lipinski definition) is 8. The van der Waals surface area contributed by atoms with Gasteiger partial charge in [-0.2, -0.15) is 15.0 Å². The smallest absolute Gasteiger partial charge is 0.323 e. The fourth-order valence-corrected chi connectivity index (χ4v) is 1.87. The second-order valence-electron chi connectivity index (χ2n) is 4.88. The number of hydrogen-bond donors (Lipinski definition) is 1. The third kappa shape index (κ3) is 4.46. The second kappa shape index (κ2) is 7.20. The molecule has 1 aliphatic heterocycles. The van der Waals surface area contributed by atoms with Crippen LogP contribution in [0.25, 0.3) is 0 Å². The molecule has 8 heteroatoms. The van der Waals surface area contributed by atoms with Crippen LogP contribution in [-0.2, 0) is 4.74 Å². The fraction of sp³-hybridized carbons (Fsp3) is 0.750. The summed E-state index contributed by atoms with van der Waals surface area (Å²) in [6, 6.07) is 0.290. The third-order valence-corrected chi connectivity index (χ3v) is 2.90. The van der Waals surface area contributed by atoms with Crippen molar-refractivity contribution >= 4 is 11.9 Å². The molecule has 0 atom stereocenters. The Labute approximate surface area is 118 Å². The molecule has 0 unspecified atom stereocenters. The van der Waals surface area contributed by atoms with Gasteiger partial charge < -0.3 is 25.0 Å². The number of morpholine rings is 1. The van der Waals surface area contributed by atoms with Gasteiger partial charge in [0.25, 0.3) is 0 Å². The predicted molar refractivity (Wildman–Crippen MR) is 75.9 cm³/mol. The van der Waals surface area contributed by atoms with Gasteiger partial charge in [-0.25, -0.2) is 0 Å². The molecule has 0 radical (unpaired) electrons. The molecule has 1 aromatic heterocycles. The van der Waals surface area contributed by atoms with Gasteiger partial charge in [-0.1, -0.05) is 0 Å². The third-order valence-electron chi connectivity index (χ3n) is 2.90. The largest absolute Gasteiger partial charge is 0.463 e. The van der Waals surface area contributed by atoms with Gasteiger partial charge in [0.2, 0.25) is 11.9 Å². The SMILES string of the molecule is CN(C)CCCOc1nc(N)nc(N2CCOCC2)n1. The van der Waals surface area contributed by atoms with Crippen LogP contribution in [0, 0.1) is 0 Å². The lowest BCUT2D eigenvalue weighted by Gasteiger charge is -2.26. The van der Waals surface area contributed by atoms with Crippen molar-refractivity contribution in [3.8, 4) is 6.01 Å². The van der Waals surface area contributed by atoms with E-state index in [1.165, 1.54) is 0 Å². The molecule has 0 aliphatic carbocycles. The van der Waals surface area contributed by atoms with Crippen LogP contribution in [0.5, 0.6) is 6.01 Å². The topological polar surface area (TPSA) is 89.6 Å². The highest BCUT2D eigenvalue weighted by molar-refractivity contribution is 5.36. The normalized spacial score (nSPS) is 15.7. The highest BCUT2D eigenvalue weighted by atomic mass is 16.5. The number of ether oxygens (including phenoxy) is 2. The Hall–Kier alpha value is -1.67. The molecule has 112 valence electrons. The molecular weight excluding hydrogens is 260 g/mol. The number of nitrogen functional groups attached to an aromatic ring is 1. The van der Waals surface area contributed by atoms with Crippen LogP contribution in [0.2, 0.25) is 0 Å². The molecule has 1 fully saturated rings. The van der Waals surface area contributed by atoms with Crippen molar-refractivity contribution in [2.45, 2.75) is 6.42 Å². The molecule has 1 aliphatic rings. The van der Waals surface area contributed by atoms with Gasteiger partial charge in [0, 0.05) is 19.6 Å². The van der Waals surface area contributed by atoms with E-state index in [1.807, 2.05) is 19.0 Å². The van der Waals surface area contributed by atoms with Crippen molar-refractivity contribution in [2.24, 2.45) is 0 Å². The first kappa shape index (κ1) is 14.7. The van der Waals surface area contributed by atoms with Crippen LogP contribution in [0.4, 0.5) is 11.9 Å². The van der Waals surface area contributed by atoms with Crippen LogP contribution in [0.15, 0.2) is 0 Å². The lowest BCUT2D eigenvalue weighted by atomic mass is 10.4. The van der Waals surface area contributed by atoms with E-state index in [2.05, 4.69) is 19.9 Å². The van der Waals surface area contributed by atoms with Crippen molar-refractivity contribution in [1.82, 2.24) is 19.9 Å². The zero-order chi connectivity index (χ0) is 14.4. The first-order valence-electron chi connectivity index (χ1n) is 6.77. The zero-order valence-electron chi connectivity index (χ0n) is 12.1. The number of nitrogens with zero attached hydrogens (tertiary/aromatic N) is 5. The van der Waals surface area contributed by atoms with Crippen LogP contribution in [-0.4, -0.2) is 73.4 Å². The summed E-state index contributed by atoms with van der Waals surface area (Å²) in [5.41, 5.74) is 5.71. The molecule has 0 aromatic carbocycles. The van der Waals surface area contributed by atoms with Crippen LogP contribution in [0.1, 0.15) is 6.42 Å². The van der Waals surface area contributed by atoms with E-state index < -0.39 is 0 Å². The zero-order valence-corrected chi connectivity index (χ0v) is 12.1. The van der Waals surface area contributed by atoms with Gasteiger partial charge >= 0.3 is 6.01 Å². The lowest BCUT2D eigenvalue weighted by molar-refractivity contribution is 0.122. The molecular formula is C12H22N6O2. The maximum atomic E-state index is 5.71. The standard InChI is InChI=1S/C12H22N6O2/c1-17(2)4-3-7-20-12-15-10(13)14-11(16-12)18-5-8-19-9-6-18/h3-9H2,1-2H3,(H2,13,14,15,16). The summed E-state index contributed by atoms with van der Waals surface area (Å²) in [6.07, 6.45) is 0.908. The number of nitrogens with two attached hydrogens (primary N) is 1. The van der Waals surface area contributed by atoms with E-state index in [-0.39, 0.29) is 12.0 Å². The highest BCUT2D eigenvalue weighted by Gasteiger charge is 2.16. The average Bonchev–Trinajstić information content (AvgIpc) is 2.44. The first-order chi connectivity index (χ1) is 9.65. The molecule has 1 saturated heterocycles. The monoisotopic (exact) mass is 282 g/mol. The van der Waals surface area contributed by atoms with E-state index in [0.29, 0.717) is 25.8 Å². The minimum Gasteiger partial charge on any atom is -0.463 e. The Kier molecular flexibility index (Phi) is 5.31. The summed E-state index contributed by atoms with van der Waals surface area (Å²) in [6.45, 7) is 4.36. The molecule has 20 heavy (non-hydrogen) atoms. The number of aromatic nitrogens is 3. The maximum Gasteiger partial charge on any atom is 0.323 e. The van der Waals surface area contributed by atoms with Crippen molar-refractivity contribution in [2.75, 3.05) is 64.2 Å².